The molecular formula is C26H22ClN3O. The normalized spacial score (nSPS) is 11.0. The number of carbonyl (C=O) groups excluding carboxylic acids is 1. The fraction of sp³-hybridized carbons (Fsp3) is 0.0769. The van der Waals surface area contributed by atoms with Crippen molar-refractivity contribution < 1.29 is 4.79 Å². The Morgan fingerprint density at radius 1 is 1.00 bits per heavy atom. The molecule has 5 heteroatoms. The molecule has 0 aliphatic carbocycles. The lowest BCUT2D eigenvalue weighted by Crippen LogP contribution is -2.08. The number of nitrogens with zero attached hydrogens (tertiary/aromatic N) is 1. The predicted molar refractivity (Wildman–Crippen MR) is 129 cm³/mol. The number of carbonyl (C=O) groups is 1. The number of nitrogens with one attached hydrogen (secondary N) is 2. The second-order valence-corrected chi connectivity index (χ2v) is 7.63. The van der Waals surface area contributed by atoms with E-state index in [2.05, 4.69) is 27.8 Å². The maximum Gasteiger partial charge on any atom is 0.248 e. The molecule has 4 rings (SSSR count). The summed E-state index contributed by atoms with van der Waals surface area (Å²) in [6.07, 6.45) is 3.18. The molecule has 0 spiro atoms. The van der Waals surface area contributed by atoms with Crippen molar-refractivity contribution in [3.63, 3.8) is 0 Å². The first kappa shape index (κ1) is 20.6. The molecule has 0 fully saturated rings. The summed E-state index contributed by atoms with van der Waals surface area (Å²) in [6, 6.07) is 25.4. The van der Waals surface area contributed by atoms with E-state index in [0.717, 1.165) is 27.8 Å². The van der Waals surface area contributed by atoms with Crippen molar-refractivity contribution in [2.45, 2.75) is 13.5 Å². The number of aromatic nitrogens is 1. The molecule has 4 nitrogen and oxygen atoms in total. The van der Waals surface area contributed by atoms with Crippen LogP contribution in [0.15, 0.2) is 84.9 Å². The fourth-order valence-electron chi connectivity index (χ4n) is 3.33. The molecule has 0 aliphatic heterocycles. The number of benzene rings is 3. The Bertz CT molecular complexity index is 1250. The van der Waals surface area contributed by atoms with E-state index in [1.807, 2.05) is 67.6 Å². The quantitative estimate of drug-likeness (QED) is 0.347. The maximum atomic E-state index is 12.4. The van der Waals surface area contributed by atoms with Crippen LogP contribution >= 0.6 is 11.6 Å². The minimum atomic E-state index is -0.224. The Balaban J connectivity index is 1.54. The Hall–Kier alpha value is -3.63. The molecule has 0 saturated heterocycles. The number of hydrogen-bond acceptors (Lipinski definition) is 3. The van der Waals surface area contributed by atoms with Gasteiger partial charge >= 0.3 is 0 Å². The lowest BCUT2D eigenvalue weighted by molar-refractivity contribution is -0.111. The van der Waals surface area contributed by atoms with Crippen molar-refractivity contribution in [3.05, 3.63) is 107 Å². The summed E-state index contributed by atoms with van der Waals surface area (Å²) in [5, 5.41) is 7.97. The summed E-state index contributed by atoms with van der Waals surface area (Å²) in [6.45, 7) is 2.68. The lowest BCUT2D eigenvalue weighted by Gasteiger charge is -2.12. The molecule has 0 bridgehead atoms. The van der Waals surface area contributed by atoms with Crippen molar-refractivity contribution in [2.24, 2.45) is 0 Å². The number of aryl methyl sites for hydroxylation is 1. The number of anilines is 2. The Morgan fingerprint density at radius 3 is 2.58 bits per heavy atom. The molecular weight excluding hydrogens is 406 g/mol. The van der Waals surface area contributed by atoms with Crippen molar-refractivity contribution in [1.29, 1.82) is 0 Å². The molecule has 0 saturated carbocycles. The molecule has 0 radical (unpaired) electrons. The molecule has 31 heavy (non-hydrogen) atoms. The molecule has 1 amide bonds. The number of hydrogen-bond donors (Lipinski definition) is 2. The highest BCUT2D eigenvalue weighted by Gasteiger charge is 2.07. The van der Waals surface area contributed by atoms with Gasteiger partial charge in [-0.3, -0.25) is 9.78 Å². The smallest absolute Gasteiger partial charge is 0.248 e. The minimum absolute atomic E-state index is 0.224. The third kappa shape index (κ3) is 5.30. The van der Waals surface area contributed by atoms with E-state index in [-0.39, 0.29) is 5.91 Å². The van der Waals surface area contributed by atoms with Gasteiger partial charge in [0.15, 0.2) is 0 Å². The van der Waals surface area contributed by atoms with Crippen LogP contribution in [0.2, 0.25) is 5.02 Å². The summed E-state index contributed by atoms with van der Waals surface area (Å²) >= 11 is 6.14. The van der Waals surface area contributed by atoms with Gasteiger partial charge in [0.25, 0.3) is 0 Å². The monoisotopic (exact) mass is 427 g/mol. The van der Waals surface area contributed by atoms with Crippen LogP contribution in [0.4, 0.5) is 11.4 Å². The van der Waals surface area contributed by atoms with E-state index in [1.54, 1.807) is 12.1 Å². The summed E-state index contributed by atoms with van der Waals surface area (Å²) in [4.78, 5) is 17.0. The summed E-state index contributed by atoms with van der Waals surface area (Å²) < 4.78 is 0. The Kier molecular flexibility index (Phi) is 6.29. The van der Waals surface area contributed by atoms with Crippen molar-refractivity contribution in [2.75, 3.05) is 10.6 Å². The molecule has 1 aromatic heterocycles. The highest BCUT2D eigenvalue weighted by atomic mass is 35.5. The van der Waals surface area contributed by atoms with E-state index in [4.69, 9.17) is 11.6 Å². The molecule has 1 heterocycles. The number of pyridine rings is 1. The van der Waals surface area contributed by atoms with Crippen molar-refractivity contribution in [3.8, 4) is 0 Å². The molecule has 154 valence electrons. The van der Waals surface area contributed by atoms with Gasteiger partial charge in [0, 0.05) is 40.1 Å². The first-order chi connectivity index (χ1) is 15.1. The van der Waals surface area contributed by atoms with Crippen LogP contribution in [-0.2, 0) is 11.3 Å². The van der Waals surface area contributed by atoms with Gasteiger partial charge in [0.1, 0.15) is 0 Å². The van der Waals surface area contributed by atoms with Crippen LogP contribution in [-0.4, -0.2) is 10.9 Å². The summed E-state index contributed by atoms with van der Waals surface area (Å²) in [5.74, 6) is -0.224. The molecule has 2 N–H and O–H groups in total. The van der Waals surface area contributed by atoms with Crippen LogP contribution in [0.25, 0.3) is 17.0 Å². The minimum Gasteiger partial charge on any atom is -0.380 e. The summed E-state index contributed by atoms with van der Waals surface area (Å²) in [5.41, 5.74) is 5.48. The van der Waals surface area contributed by atoms with E-state index < -0.39 is 0 Å². The number of amides is 1. The van der Waals surface area contributed by atoms with Crippen molar-refractivity contribution in [1.82, 2.24) is 4.98 Å². The SMILES string of the molecule is Cc1cc(NCc2ccccc2)c2cc(NC(=O)/C=C/c3ccccc3Cl)ccc2n1. The first-order valence-electron chi connectivity index (χ1n) is 10.0. The molecule has 0 aliphatic rings. The average Bonchev–Trinajstić information content (AvgIpc) is 2.78. The van der Waals surface area contributed by atoms with Gasteiger partial charge in [0.2, 0.25) is 5.91 Å². The van der Waals surface area contributed by atoms with Crippen LogP contribution in [0, 0.1) is 6.92 Å². The third-order valence-electron chi connectivity index (χ3n) is 4.85. The summed E-state index contributed by atoms with van der Waals surface area (Å²) in [7, 11) is 0. The maximum absolute atomic E-state index is 12.4. The van der Waals surface area contributed by atoms with E-state index >= 15 is 0 Å². The Morgan fingerprint density at radius 2 is 1.77 bits per heavy atom. The van der Waals surface area contributed by atoms with E-state index in [1.165, 1.54) is 11.6 Å². The van der Waals surface area contributed by atoms with Crippen molar-refractivity contribution >= 4 is 45.9 Å². The van der Waals surface area contributed by atoms with Gasteiger partial charge in [-0.05, 0) is 54.5 Å². The zero-order valence-electron chi connectivity index (χ0n) is 17.1. The van der Waals surface area contributed by atoms with Gasteiger partial charge in [0.05, 0.1) is 5.52 Å². The van der Waals surface area contributed by atoms with E-state index in [0.29, 0.717) is 17.3 Å². The van der Waals surface area contributed by atoms with E-state index in [9.17, 15) is 4.79 Å². The van der Waals surface area contributed by atoms with Crippen LogP contribution in [0.1, 0.15) is 16.8 Å². The molecule has 4 aromatic rings. The van der Waals surface area contributed by atoms with Gasteiger partial charge in [-0.15, -0.1) is 0 Å². The van der Waals surface area contributed by atoms with Gasteiger partial charge < -0.3 is 10.6 Å². The third-order valence-corrected chi connectivity index (χ3v) is 5.19. The van der Waals surface area contributed by atoms with Crippen LogP contribution < -0.4 is 10.6 Å². The van der Waals surface area contributed by atoms with Gasteiger partial charge in [-0.2, -0.15) is 0 Å². The highest BCUT2D eigenvalue weighted by Crippen LogP contribution is 2.27. The second kappa shape index (κ2) is 9.45. The Labute approximate surface area is 186 Å². The standard InChI is InChI=1S/C26H22ClN3O/c1-18-15-25(28-17-19-7-3-2-4-8-19)22-16-21(12-13-24(22)29-18)30-26(31)14-11-20-9-5-6-10-23(20)27/h2-16H,17H2,1H3,(H,28,29)(H,30,31)/b14-11+. The fourth-order valence-corrected chi connectivity index (χ4v) is 3.53. The number of fused-ring (bicyclic) bond motifs is 1. The number of rotatable bonds is 6. The zero-order valence-corrected chi connectivity index (χ0v) is 17.9. The lowest BCUT2D eigenvalue weighted by atomic mass is 10.1. The van der Waals surface area contributed by atoms with Crippen LogP contribution in [0.3, 0.4) is 0 Å². The topological polar surface area (TPSA) is 54.0 Å². The molecule has 0 unspecified atom stereocenters. The van der Waals surface area contributed by atoms with Gasteiger partial charge in [-0.25, -0.2) is 0 Å². The largest absolute Gasteiger partial charge is 0.380 e. The average molecular weight is 428 g/mol. The number of halogens is 1. The van der Waals surface area contributed by atoms with Crippen LogP contribution in [0.5, 0.6) is 0 Å². The molecule has 0 atom stereocenters. The highest BCUT2D eigenvalue weighted by molar-refractivity contribution is 6.32. The molecule has 3 aromatic carbocycles. The van der Waals surface area contributed by atoms with Gasteiger partial charge in [-0.1, -0.05) is 60.1 Å². The first-order valence-corrected chi connectivity index (χ1v) is 10.4. The predicted octanol–water partition coefficient (Wildman–Crippen LogP) is 6.46. The second-order valence-electron chi connectivity index (χ2n) is 7.23. The zero-order chi connectivity index (χ0) is 21.6.